The third-order valence-corrected chi connectivity index (χ3v) is 10.8. The minimum Gasteiger partial charge on any atom is -0.468 e. The number of esters is 1. The number of rotatable bonds is 5. The largest absolute Gasteiger partial charge is 0.468 e. The molecule has 0 aromatic rings. The van der Waals surface area contributed by atoms with Gasteiger partial charge in [-0.1, -0.05) is 20.8 Å². The monoisotopic (exact) mass is 351 g/mol. The van der Waals surface area contributed by atoms with Crippen molar-refractivity contribution in [2.75, 3.05) is 38.3 Å². The van der Waals surface area contributed by atoms with Gasteiger partial charge in [-0.25, -0.2) is 8.42 Å². The summed E-state index contributed by atoms with van der Waals surface area (Å²) in [5.41, 5.74) is 0. The van der Waals surface area contributed by atoms with Gasteiger partial charge in [-0.05, 0) is 18.1 Å². The van der Waals surface area contributed by atoms with Crippen LogP contribution in [0.2, 0.25) is 18.1 Å². The Labute approximate surface area is 135 Å². The van der Waals surface area contributed by atoms with E-state index >= 15 is 0 Å². The Hall–Kier alpha value is -0.443. The van der Waals surface area contributed by atoms with Crippen LogP contribution in [0.3, 0.4) is 0 Å². The average Bonchev–Trinajstić information content (AvgIpc) is 2.38. The predicted molar refractivity (Wildman–Crippen MR) is 89.2 cm³/mol. The lowest BCUT2D eigenvalue weighted by Gasteiger charge is -2.39. The Morgan fingerprint density at radius 2 is 1.73 bits per heavy atom. The number of methoxy groups -OCH3 is 1. The Kier molecular flexibility index (Phi) is 6.22. The van der Waals surface area contributed by atoms with Crippen molar-refractivity contribution in [3.8, 4) is 0 Å². The van der Waals surface area contributed by atoms with E-state index in [1.54, 1.807) is 0 Å². The predicted octanol–water partition coefficient (Wildman–Crippen LogP) is 1.28. The molecule has 0 bridgehead atoms. The molecule has 0 saturated carbocycles. The maximum Gasteiger partial charge on any atom is 0.325 e. The fraction of sp³-hybridized carbons (Fsp3) is 0.929. The van der Waals surface area contributed by atoms with Crippen LogP contribution in [0.5, 0.6) is 0 Å². The zero-order valence-corrected chi connectivity index (χ0v) is 16.3. The summed E-state index contributed by atoms with van der Waals surface area (Å²) in [5, 5.41) is 0.0545. The van der Waals surface area contributed by atoms with Gasteiger partial charge in [0, 0.05) is 13.1 Å². The van der Waals surface area contributed by atoms with Crippen molar-refractivity contribution in [1.29, 1.82) is 0 Å². The second-order valence-corrected chi connectivity index (χ2v) is 14.4. The molecule has 0 spiro atoms. The number of carbonyl (C=O) groups excluding carboxylic acids is 1. The molecular weight excluding hydrogens is 322 g/mol. The van der Waals surface area contributed by atoms with Crippen LogP contribution in [0.4, 0.5) is 0 Å². The smallest absolute Gasteiger partial charge is 0.325 e. The molecule has 8 heteroatoms. The van der Waals surface area contributed by atoms with Crippen molar-refractivity contribution in [1.82, 2.24) is 4.90 Å². The molecule has 0 aromatic carbocycles. The van der Waals surface area contributed by atoms with Crippen LogP contribution >= 0.6 is 0 Å². The van der Waals surface area contributed by atoms with Crippen molar-refractivity contribution in [3.63, 3.8) is 0 Å². The van der Waals surface area contributed by atoms with Crippen LogP contribution in [-0.2, 0) is 23.8 Å². The first-order chi connectivity index (χ1) is 9.89. The molecule has 1 aliphatic rings. The molecule has 130 valence electrons. The van der Waals surface area contributed by atoms with E-state index in [2.05, 4.69) is 33.9 Å². The Bertz CT molecular complexity index is 484. The lowest BCUT2D eigenvalue weighted by molar-refractivity contribution is -0.148. The summed E-state index contributed by atoms with van der Waals surface area (Å²) >= 11 is 0. The van der Waals surface area contributed by atoms with Gasteiger partial charge in [0.05, 0.1) is 25.2 Å². The average molecular weight is 352 g/mol. The highest BCUT2D eigenvalue weighted by atomic mass is 32.2. The lowest BCUT2D eigenvalue weighted by Crippen LogP contribution is -2.53. The maximum absolute atomic E-state index is 12.1. The van der Waals surface area contributed by atoms with Crippen LogP contribution in [0, 0.1) is 0 Å². The van der Waals surface area contributed by atoms with Crippen LogP contribution < -0.4 is 0 Å². The van der Waals surface area contributed by atoms with Crippen molar-refractivity contribution in [2.45, 2.75) is 44.9 Å². The van der Waals surface area contributed by atoms with Gasteiger partial charge in [0.1, 0.15) is 6.04 Å². The summed E-state index contributed by atoms with van der Waals surface area (Å²) in [5.74, 6) is -0.195. The van der Waals surface area contributed by atoms with E-state index in [9.17, 15) is 13.2 Å². The zero-order valence-electron chi connectivity index (χ0n) is 14.5. The van der Waals surface area contributed by atoms with E-state index < -0.39 is 24.2 Å². The lowest BCUT2D eigenvalue weighted by atomic mass is 10.2. The maximum atomic E-state index is 12.1. The summed E-state index contributed by atoms with van der Waals surface area (Å²) < 4.78 is 34.1. The van der Waals surface area contributed by atoms with Crippen LogP contribution in [-0.4, -0.2) is 72.0 Å². The zero-order chi connectivity index (χ0) is 17.2. The van der Waals surface area contributed by atoms with Gasteiger partial charge >= 0.3 is 5.97 Å². The SMILES string of the molecule is COC(=O)[C@@H](CO[Si](C)(C)C(C)(C)C)N1CCS(=O)(=O)CC1. The van der Waals surface area contributed by atoms with Gasteiger partial charge in [-0.3, -0.25) is 9.69 Å². The Morgan fingerprint density at radius 1 is 1.23 bits per heavy atom. The number of sulfone groups is 1. The van der Waals surface area contributed by atoms with Gasteiger partial charge < -0.3 is 9.16 Å². The summed E-state index contributed by atoms with van der Waals surface area (Å²) in [6, 6.07) is -0.533. The van der Waals surface area contributed by atoms with Crippen molar-refractivity contribution in [2.24, 2.45) is 0 Å². The van der Waals surface area contributed by atoms with Gasteiger partial charge in [0.2, 0.25) is 0 Å². The second-order valence-electron chi connectivity index (χ2n) is 7.30. The highest BCUT2D eigenvalue weighted by molar-refractivity contribution is 7.91. The van der Waals surface area contributed by atoms with Gasteiger partial charge in [0.25, 0.3) is 0 Å². The van der Waals surface area contributed by atoms with E-state index in [1.807, 2.05) is 4.90 Å². The molecule has 1 rings (SSSR count). The number of carbonyl (C=O) groups is 1. The van der Waals surface area contributed by atoms with Gasteiger partial charge in [-0.15, -0.1) is 0 Å². The van der Waals surface area contributed by atoms with Crippen molar-refractivity contribution >= 4 is 24.1 Å². The van der Waals surface area contributed by atoms with E-state index in [4.69, 9.17) is 9.16 Å². The first-order valence-corrected chi connectivity index (χ1v) is 12.3. The fourth-order valence-corrected chi connectivity index (χ4v) is 4.24. The quantitative estimate of drug-likeness (QED) is 0.549. The number of ether oxygens (including phenoxy) is 1. The Balaban J connectivity index is 2.77. The van der Waals surface area contributed by atoms with Crippen molar-refractivity contribution < 1.29 is 22.4 Å². The minimum absolute atomic E-state index is 0.0545. The van der Waals surface area contributed by atoms with Crippen LogP contribution in [0.25, 0.3) is 0 Å². The fourth-order valence-electron chi connectivity index (χ4n) is 2.00. The number of hydrogen-bond donors (Lipinski definition) is 0. The molecule has 1 heterocycles. The highest BCUT2D eigenvalue weighted by Crippen LogP contribution is 2.36. The molecule has 0 radical (unpaired) electrons. The third kappa shape index (κ3) is 5.04. The van der Waals surface area contributed by atoms with Crippen LogP contribution in [0.1, 0.15) is 20.8 Å². The Morgan fingerprint density at radius 3 is 2.14 bits per heavy atom. The molecular formula is C14H29NO5SSi. The standard InChI is InChI=1S/C14H29NO5SSi/c1-14(2,3)22(5,6)20-11-12(13(16)19-4)15-7-9-21(17,18)10-8-15/h12H,7-11H2,1-6H3/t12-/m1/s1. The van der Waals surface area contributed by atoms with Crippen molar-refractivity contribution in [3.05, 3.63) is 0 Å². The molecule has 1 fully saturated rings. The summed E-state index contributed by atoms with van der Waals surface area (Å²) in [6.07, 6.45) is 0. The summed E-state index contributed by atoms with van der Waals surface area (Å²) in [7, 11) is -3.60. The molecule has 0 unspecified atom stereocenters. The summed E-state index contributed by atoms with van der Waals surface area (Å²) in [4.78, 5) is 13.9. The molecule has 22 heavy (non-hydrogen) atoms. The molecule has 0 aromatic heterocycles. The molecule has 1 atom stereocenters. The molecule has 6 nitrogen and oxygen atoms in total. The molecule has 0 aliphatic carbocycles. The van der Waals surface area contributed by atoms with Crippen LogP contribution in [0.15, 0.2) is 0 Å². The number of hydrogen-bond acceptors (Lipinski definition) is 6. The normalized spacial score (nSPS) is 21.4. The highest BCUT2D eigenvalue weighted by Gasteiger charge is 2.40. The minimum atomic E-state index is -2.97. The van der Waals surface area contributed by atoms with Gasteiger partial charge in [0.15, 0.2) is 18.2 Å². The van der Waals surface area contributed by atoms with E-state index in [0.717, 1.165) is 0 Å². The third-order valence-electron chi connectivity index (χ3n) is 4.70. The van der Waals surface area contributed by atoms with E-state index in [-0.39, 0.29) is 29.1 Å². The number of nitrogens with zero attached hydrogens (tertiary/aromatic N) is 1. The van der Waals surface area contributed by atoms with E-state index in [1.165, 1.54) is 7.11 Å². The second kappa shape index (κ2) is 6.98. The molecule has 0 N–H and O–H groups in total. The van der Waals surface area contributed by atoms with E-state index in [0.29, 0.717) is 13.1 Å². The topological polar surface area (TPSA) is 72.9 Å². The summed E-state index contributed by atoms with van der Waals surface area (Å²) in [6.45, 7) is 11.6. The molecule has 1 saturated heterocycles. The first-order valence-electron chi connectivity index (χ1n) is 7.56. The van der Waals surface area contributed by atoms with Gasteiger partial charge in [-0.2, -0.15) is 0 Å². The molecule has 0 amide bonds. The first kappa shape index (κ1) is 19.6. The molecule has 1 aliphatic heterocycles.